The van der Waals surface area contributed by atoms with E-state index in [0.29, 0.717) is 5.92 Å². The monoisotopic (exact) mass is 352 g/mol. The molecule has 3 nitrogen and oxygen atoms in total. The molecule has 3 heteroatoms. The SMILES string of the molecule is CNCCCC1(C(C)C)CC2=CCCC=C2N(c2ccc(C)cc2)C1=O. The number of carbonyl (C=O) groups excluding carboxylic acids is 1. The lowest BCUT2D eigenvalue weighted by molar-refractivity contribution is -0.131. The van der Waals surface area contributed by atoms with Crippen molar-refractivity contribution in [2.24, 2.45) is 11.3 Å². The third kappa shape index (κ3) is 3.37. The number of allylic oxidation sites excluding steroid dienone is 3. The molecular weight excluding hydrogens is 320 g/mol. The molecule has 1 fully saturated rings. The molecule has 1 N–H and O–H groups in total. The topological polar surface area (TPSA) is 32.3 Å². The largest absolute Gasteiger partial charge is 0.320 e. The van der Waals surface area contributed by atoms with E-state index in [1.54, 1.807) is 0 Å². The normalized spacial score (nSPS) is 23.0. The van der Waals surface area contributed by atoms with E-state index in [0.717, 1.165) is 50.0 Å². The third-order valence-corrected chi connectivity index (χ3v) is 6.05. The minimum Gasteiger partial charge on any atom is -0.320 e. The van der Waals surface area contributed by atoms with Crippen molar-refractivity contribution >= 4 is 11.6 Å². The Labute approximate surface area is 158 Å². The number of anilines is 1. The maximum Gasteiger partial charge on any atom is 0.238 e. The number of benzene rings is 1. The van der Waals surface area contributed by atoms with E-state index in [1.807, 2.05) is 11.9 Å². The average Bonchev–Trinajstić information content (AvgIpc) is 2.63. The molecule has 1 heterocycles. The summed E-state index contributed by atoms with van der Waals surface area (Å²) in [6.45, 7) is 7.46. The van der Waals surface area contributed by atoms with Gasteiger partial charge in [0.15, 0.2) is 0 Å². The van der Waals surface area contributed by atoms with Gasteiger partial charge in [0, 0.05) is 11.4 Å². The van der Waals surface area contributed by atoms with Gasteiger partial charge in [0.05, 0.1) is 5.41 Å². The minimum absolute atomic E-state index is 0.276. The second-order valence-corrected chi connectivity index (χ2v) is 8.07. The molecule has 1 unspecified atom stereocenters. The number of nitrogens with one attached hydrogen (secondary N) is 1. The molecule has 1 aliphatic carbocycles. The maximum absolute atomic E-state index is 13.9. The first-order valence-electron chi connectivity index (χ1n) is 9.95. The zero-order valence-electron chi connectivity index (χ0n) is 16.6. The number of piperidine rings is 1. The quantitative estimate of drug-likeness (QED) is 0.733. The van der Waals surface area contributed by atoms with Gasteiger partial charge in [-0.1, -0.05) is 43.7 Å². The standard InChI is InChI=1S/C23H32N2O/c1-17(2)23(14-7-15-24-4)16-19-8-5-6-9-21(19)25(22(23)26)20-12-10-18(3)11-13-20/h8-13,17,24H,5-7,14-16H2,1-4H3. The van der Waals surface area contributed by atoms with Gasteiger partial charge >= 0.3 is 0 Å². The van der Waals surface area contributed by atoms with Gasteiger partial charge in [-0.15, -0.1) is 0 Å². The molecule has 0 radical (unpaired) electrons. The Balaban J connectivity index is 2.05. The Morgan fingerprint density at radius 1 is 1.15 bits per heavy atom. The summed E-state index contributed by atoms with van der Waals surface area (Å²) in [7, 11) is 1.98. The van der Waals surface area contributed by atoms with Crippen LogP contribution in [0, 0.1) is 18.3 Å². The smallest absolute Gasteiger partial charge is 0.238 e. The molecule has 2 aliphatic rings. The molecule has 1 amide bonds. The van der Waals surface area contributed by atoms with Crippen LogP contribution in [0.5, 0.6) is 0 Å². The highest BCUT2D eigenvalue weighted by Crippen LogP contribution is 2.49. The number of amides is 1. The van der Waals surface area contributed by atoms with Crippen molar-refractivity contribution in [1.82, 2.24) is 5.32 Å². The van der Waals surface area contributed by atoms with Crippen molar-refractivity contribution in [1.29, 1.82) is 0 Å². The number of aryl methyl sites for hydroxylation is 1. The van der Waals surface area contributed by atoms with E-state index in [9.17, 15) is 4.79 Å². The second kappa shape index (κ2) is 7.79. The van der Waals surface area contributed by atoms with Crippen molar-refractivity contribution in [3.8, 4) is 0 Å². The van der Waals surface area contributed by atoms with E-state index in [1.165, 1.54) is 11.1 Å². The van der Waals surface area contributed by atoms with E-state index >= 15 is 0 Å². The number of fused-ring (bicyclic) bond motifs is 1. The molecule has 0 bridgehead atoms. The lowest BCUT2D eigenvalue weighted by Crippen LogP contribution is -2.51. The molecule has 0 saturated carbocycles. The van der Waals surface area contributed by atoms with Gasteiger partial charge < -0.3 is 5.32 Å². The van der Waals surface area contributed by atoms with Crippen LogP contribution in [0.1, 0.15) is 51.5 Å². The van der Waals surface area contributed by atoms with Gasteiger partial charge in [-0.3, -0.25) is 9.69 Å². The van der Waals surface area contributed by atoms with Crippen molar-refractivity contribution in [3.05, 3.63) is 53.3 Å². The summed E-state index contributed by atoms with van der Waals surface area (Å²) in [5.41, 5.74) is 4.38. The van der Waals surface area contributed by atoms with Crippen molar-refractivity contribution in [2.45, 2.75) is 52.9 Å². The summed E-state index contributed by atoms with van der Waals surface area (Å²) in [4.78, 5) is 15.9. The van der Waals surface area contributed by atoms with E-state index < -0.39 is 0 Å². The molecule has 1 aromatic carbocycles. The summed E-state index contributed by atoms with van der Waals surface area (Å²) in [6.07, 6.45) is 9.54. The van der Waals surface area contributed by atoms with E-state index in [2.05, 4.69) is 62.5 Å². The molecule has 1 aliphatic heterocycles. The second-order valence-electron chi connectivity index (χ2n) is 8.07. The van der Waals surface area contributed by atoms with Gasteiger partial charge in [0.1, 0.15) is 0 Å². The van der Waals surface area contributed by atoms with Crippen molar-refractivity contribution in [2.75, 3.05) is 18.5 Å². The molecule has 3 rings (SSSR count). The third-order valence-electron chi connectivity index (χ3n) is 6.05. The van der Waals surface area contributed by atoms with Gasteiger partial charge in [-0.25, -0.2) is 0 Å². The first-order chi connectivity index (χ1) is 12.5. The number of carbonyl (C=O) groups is 1. The zero-order valence-corrected chi connectivity index (χ0v) is 16.6. The summed E-state index contributed by atoms with van der Waals surface area (Å²) >= 11 is 0. The van der Waals surface area contributed by atoms with Crippen LogP contribution in [0.4, 0.5) is 5.69 Å². The molecule has 0 spiro atoms. The fourth-order valence-electron chi connectivity index (χ4n) is 4.32. The van der Waals surface area contributed by atoms with Crippen LogP contribution in [0.2, 0.25) is 0 Å². The number of hydrogen-bond acceptors (Lipinski definition) is 2. The average molecular weight is 353 g/mol. The fourth-order valence-corrected chi connectivity index (χ4v) is 4.32. The summed E-state index contributed by atoms with van der Waals surface area (Å²) < 4.78 is 0. The lowest BCUT2D eigenvalue weighted by atomic mass is 9.65. The molecule has 0 aromatic heterocycles. The number of rotatable bonds is 6. The predicted octanol–water partition coefficient (Wildman–Crippen LogP) is 4.98. The van der Waals surface area contributed by atoms with Crippen molar-refractivity contribution < 1.29 is 4.79 Å². The molecule has 1 aromatic rings. The Morgan fingerprint density at radius 3 is 2.50 bits per heavy atom. The Morgan fingerprint density at radius 2 is 1.85 bits per heavy atom. The van der Waals surface area contributed by atoms with E-state index in [-0.39, 0.29) is 11.3 Å². The summed E-state index contributed by atoms with van der Waals surface area (Å²) in [5.74, 6) is 0.585. The molecule has 140 valence electrons. The zero-order chi connectivity index (χ0) is 18.7. The number of nitrogens with zero attached hydrogens (tertiary/aromatic N) is 1. The van der Waals surface area contributed by atoms with Gasteiger partial charge in [0.2, 0.25) is 5.91 Å². The van der Waals surface area contributed by atoms with Gasteiger partial charge in [0.25, 0.3) is 0 Å². The van der Waals surface area contributed by atoms with Crippen LogP contribution in [0.25, 0.3) is 0 Å². The first-order valence-corrected chi connectivity index (χ1v) is 9.95. The van der Waals surface area contributed by atoms with E-state index in [4.69, 9.17) is 0 Å². The number of hydrogen-bond donors (Lipinski definition) is 1. The van der Waals surface area contributed by atoms with Crippen LogP contribution in [-0.2, 0) is 4.79 Å². The van der Waals surface area contributed by atoms with Crippen LogP contribution < -0.4 is 10.2 Å². The summed E-state index contributed by atoms with van der Waals surface area (Å²) in [5, 5.41) is 3.23. The Hall–Kier alpha value is -1.87. The van der Waals surface area contributed by atoms with Crippen molar-refractivity contribution in [3.63, 3.8) is 0 Å². The van der Waals surface area contributed by atoms with Crippen LogP contribution in [-0.4, -0.2) is 19.5 Å². The molecule has 1 atom stereocenters. The van der Waals surface area contributed by atoms with Crippen LogP contribution >= 0.6 is 0 Å². The van der Waals surface area contributed by atoms with Gasteiger partial charge in [-0.05, 0) is 76.2 Å². The Bertz CT molecular complexity index is 714. The van der Waals surface area contributed by atoms with Gasteiger partial charge in [-0.2, -0.15) is 0 Å². The van der Waals surface area contributed by atoms with Crippen LogP contribution in [0.15, 0.2) is 47.7 Å². The predicted molar refractivity (Wildman–Crippen MR) is 109 cm³/mol. The highest BCUT2D eigenvalue weighted by atomic mass is 16.2. The Kier molecular flexibility index (Phi) is 5.67. The highest BCUT2D eigenvalue weighted by molar-refractivity contribution is 6.03. The van der Waals surface area contributed by atoms with Crippen LogP contribution in [0.3, 0.4) is 0 Å². The molecular formula is C23H32N2O. The minimum atomic E-state index is -0.317. The molecule has 26 heavy (non-hydrogen) atoms. The maximum atomic E-state index is 13.9. The first kappa shape index (κ1) is 18.9. The molecule has 1 saturated heterocycles. The lowest BCUT2D eigenvalue weighted by Gasteiger charge is -2.47. The summed E-state index contributed by atoms with van der Waals surface area (Å²) in [6, 6.07) is 8.37. The highest BCUT2D eigenvalue weighted by Gasteiger charge is 2.49. The fraction of sp³-hybridized carbons (Fsp3) is 0.522.